The molecule has 12 heteroatoms. The quantitative estimate of drug-likeness (QED) is 0.250. The van der Waals surface area contributed by atoms with Gasteiger partial charge in [-0.3, -0.25) is 0 Å². The Balaban J connectivity index is 1.92. The van der Waals surface area contributed by atoms with E-state index in [9.17, 15) is 17.2 Å². The lowest BCUT2D eigenvalue weighted by molar-refractivity contribution is 0.0844. The summed E-state index contributed by atoms with van der Waals surface area (Å²) < 4.78 is 64.3. The Morgan fingerprint density at radius 1 is 1.08 bits per heavy atom. The molecule has 1 N–H and O–H groups in total. The Morgan fingerprint density at radius 2 is 1.68 bits per heavy atom. The van der Waals surface area contributed by atoms with Crippen molar-refractivity contribution < 1.29 is 21.9 Å². The summed E-state index contributed by atoms with van der Waals surface area (Å²) in [4.78, 5) is 4.56. The van der Waals surface area contributed by atoms with Crippen LogP contribution in [0.3, 0.4) is 0 Å². The second kappa shape index (κ2) is 11.0. The number of imidazole rings is 1. The fourth-order valence-corrected chi connectivity index (χ4v) is 6.24. The molecule has 0 bridgehead atoms. The molecule has 0 aliphatic carbocycles. The van der Waals surface area contributed by atoms with Gasteiger partial charge in [0.15, 0.2) is 5.03 Å². The molecular weight excluding hydrogens is 559 g/mol. The summed E-state index contributed by atoms with van der Waals surface area (Å²) in [6.07, 6.45) is 3.36. The molecule has 0 spiro atoms. The van der Waals surface area contributed by atoms with E-state index in [2.05, 4.69) is 29.3 Å². The predicted octanol–water partition coefficient (Wildman–Crippen LogP) is 6.27. The van der Waals surface area contributed by atoms with E-state index >= 15 is 0 Å². The Hall–Kier alpha value is -2.08. The van der Waals surface area contributed by atoms with Crippen LogP contribution in [-0.2, 0) is 21.5 Å². The maximum Gasteiger partial charge on any atom is 0.260 e. The zero-order chi connectivity index (χ0) is 27.0. The largest absolute Gasteiger partial charge is 0.361 e. The topological polar surface area (TPSA) is 73.2 Å². The highest BCUT2D eigenvalue weighted by Crippen LogP contribution is 2.37. The van der Waals surface area contributed by atoms with E-state index in [1.807, 2.05) is 0 Å². The SMILES string of the molecule is C[Si](C)(C)CCOCn1c(C(c2ccc(F)c(Cl)c2)c2ccc(F)c(Cl)c2)nc2c1C=CCNS2(=O)=O. The van der Waals surface area contributed by atoms with Gasteiger partial charge in [0.25, 0.3) is 10.0 Å². The molecular formula is C25H27Cl2F2N3O3SSi. The van der Waals surface area contributed by atoms with Crippen LogP contribution in [0.25, 0.3) is 6.08 Å². The van der Waals surface area contributed by atoms with E-state index in [-0.39, 0.29) is 28.3 Å². The first-order chi connectivity index (χ1) is 17.4. The van der Waals surface area contributed by atoms with Crippen LogP contribution in [0.4, 0.5) is 8.78 Å². The molecule has 0 radical (unpaired) electrons. The van der Waals surface area contributed by atoms with E-state index in [4.69, 9.17) is 27.9 Å². The van der Waals surface area contributed by atoms with Gasteiger partial charge >= 0.3 is 0 Å². The lowest BCUT2D eigenvalue weighted by Crippen LogP contribution is -2.23. The van der Waals surface area contributed by atoms with Crippen molar-refractivity contribution >= 4 is 47.4 Å². The molecule has 0 saturated carbocycles. The van der Waals surface area contributed by atoms with Crippen molar-refractivity contribution in [2.45, 2.75) is 43.4 Å². The number of hydrogen-bond donors (Lipinski definition) is 1. The standard InChI is InChI=1S/C25H27Cl2F2N3O3SSi/c1-37(2,3)12-11-35-15-32-22-5-4-10-30-36(33,34)25(22)31-24(32)23(16-6-8-20(28)18(26)13-16)17-7-9-21(29)19(27)14-17/h4-9,13-14,23,30H,10-12,15H2,1-3H3. The van der Waals surface area contributed by atoms with Gasteiger partial charge in [0.05, 0.1) is 21.7 Å². The maximum atomic E-state index is 14.1. The molecule has 6 nitrogen and oxygen atoms in total. The van der Waals surface area contributed by atoms with Crippen LogP contribution in [0.2, 0.25) is 35.7 Å². The molecule has 198 valence electrons. The lowest BCUT2D eigenvalue weighted by atomic mass is 9.90. The number of ether oxygens (including phenoxy) is 1. The fraction of sp³-hybridized carbons (Fsp3) is 0.320. The zero-order valence-electron chi connectivity index (χ0n) is 20.6. The summed E-state index contributed by atoms with van der Waals surface area (Å²) in [5.41, 5.74) is 1.39. The molecule has 0 saturated heterocycles. The summed E-state index contributed by atoms with van der Waals surface area (Å²) in [5.74, 6) is -1.66. The van der Waals surface area contributed by atoms with Crippen molar-refractivity contribution in [3.8, 4) is 0 Å². The lowest BCUT2D eigenvalue weighted by Gasteiger charge is -2.22. The number of benzene rings is 2. The molecule has 0 amide bonds. The molecule has 2 aromatic carbocycles. The monoisotopic (exact) mass is 585 g/mol. The molecule has 1 aliphatic heterocycles. The first kappa shape index (κ1) is 27.9. The van der Waals surface area contributed by atoms with Gasteiger partial charge in [-0.2, -0.15) is 0 Å². The molecule has 0 fully saturated rings. The third-order valence-electron chi connectivity index (χ3n) is 5.95. The molecule has 3 aromatic rings. The second-order valence-corrected chi connectivity index (χ2v) is 18.1. The average Bonchev–Trinajstić information content (AvgIpc) is 3.10. The predicted molar refractivity (Wildman–Crippen MR) is 144 cm³/mol. The third kappa shape index (κ3) is 6.32. The van der Waals surface area contributed by atoms with E-state index in [1.54, 1.807) is 16.7 Å². The van der Waals surface area contributed by atoms with Crippen molar-refractivity contribution in [1.29, 1.82) is 0 Å². The summed E-state index contributed by atoms with van der Waals surface area (Å²) in [6.45, 7) is 7.35. The number of fused-ring (bicyclic) bond motifs is 1. The van der Waals surface area contributed by atoms with Crippen molar-refractivity contribution in [2.75, 3.05) is 13.2 Å². The van der Waals surface area contributed by atoms with Crippen LogP contribution < -0.4 is 4.72 Å². The molecule has 4 rings (SSSR count). The molecule has 0 atom stereocenters. The highest BCUT2D eigenvalue weighted by atomic mass is 35.5. The number of rotatable bonds is 8. The molecule has 1 aromatic heterocycles. The number of hydrogen-bond acceptors (Lipinski definition) is 4. The molecule has 37 heavy (non-hydrogen) atoms. The Labute approximate surface area is 226 Å². The van der Waals surface area contributed by atoms with Crippen molar-refractivity contribution in [3.05, 3.63) is 86.8 Å². The summed E-state index contributed by atoms with van der Waals surface area (Å²) >= 11 is 12.2. The average molecular weight is 587 g/mol. The van der Waals surface area contributed by atoms with Gasteiger partial charge in [0.2, 0.25) is 0 Å². The van der Waals surface area contributed by atoms with Gasteiger partial charge in [-0.15, -0.1) is 0 Å². The Morgan fingerprint density at radius 3 is 2.22 bits per heavy atom. The van der Waals surface area contributed by atoms with Crippen LogP contribution in [0.5, 0.6) is 0 Å². The summed E-state index contributed by atoms with van der Waals surface area (Å²) in [5, 5.41) is -0.386. The van der Waals surface area contributed by atoms with Crippen LogP contribution in [0.1, 0.15) is 28.6 Å². The minimum Gasteiger partial charge on any atom is -0.361 e. The van der Waals surface area contributed by atoms with E-state index in [1.165, 1.54) is 36.4 Å². The van der Waals surface area contributed by atoms with Gasteiger partial charge in [0.1, 0.15) is 24.2 Å². The number of halogens is 4. The minimum atomic E-state index is -3.93. The van der Waals surface area contributed by atoms with Gasteiger partial charge in [-0.1, -0.05) is 61.1 Å². The van der Waals surface area contributed by atoms with Crippen molar-refractivity contribution in [1.82, 2.24) is 14.3 Å². The first-order valence-electron chi connectivity index (χ1n) is 11.6. The highest BCUT2D eigenvalue weighted by molar-refractivity contribution is 7.89. The van der Waals surface area contributed by atoms with Crippen LogP contribution in [-0.4, -0.2) is 39.2 Å². The van der Waals surface area contributed by atoms with E-state index in [0.29, 0.717) is 29.3 Å². The number of nitrogens with one attached hydrogen (secondary N) is 1. The number of aromatic nitrogens is 2. The fourth-order valence-electron chi connectivity index (χ4n) is 3.98. The third-order valence-corrected chi connectivity index (χ3v) is 9.59. The Kier molecular flexibility index (Phi) is 8.27. The maximum absolute atomic E-state index is 14.1. The minimum absolute atomic E-state index is 0.0301. The smallest absolute Gasteiger partial charge is 0.260 e. The molecule has 1 aliphatic rings. The number of sulfonamides is 1. The van der Waals surface area contributed by atoms with Crippen LogP contribution >= 0.6 is 23.2 Å². The highest BCUT2D eigenvalue weighted by Gasteiger charge is 2.32. The van der Waals surface area contributed by atoms with Gasteiger partial charge < -0.3 is 9.30 Å². The van der Waals surface area contributed by atoms with Gasteiger partial charge in [-0.25, -0.2) is 26.9 Å². The van der Waals surface area contributed by atoms with Gasteiger partial charge in [-0.05, 0) is 47.5 Å². The first-order valence-corrected chi connectivity index (χ1v) is 17.6. The number of nitrogens with zero attached hydrogens (tertiary/aromatic N) is 2. The van der Waals surface area contributed by atoms with E-state index < -0.39 is 35.6 Å². The van der Waals surface area contributed by atoms with Crippen molar-refractivity contribution in [3.63, 3.8) is 0 Å². The second-order valence-electron chi connectivity index (χ2n) is 9.97. The summed E-state index contributed by atoms with van der Waals surface area (Å²) in [7, 11) is -5.30. The summed E-state index contributed by atoms with van der Waals surface area (Å²) in [6, 6.07) is 9.30. The Bertz CT molecular complexity index is 1400. The van der Waals surface area contributed by atoms with Crippen molar-refractivity contribution in [2.24, 2.45) is 0 Å². The normalized spacial score (nSPS) is 15.1. The molecule has 2 heterocycles. The molecule has 0 unspecified atom stereocenters. The zero-order valence-corrected chi connectivity index (χ0v) is 23.9. The van der Waals surface area contributed by atoms with Crippen LogP contribution in [0, 0.1) is 11.6 Å². The van der Waals surface area contributed by atoms with Gasteiger partial charge in [0, 0.05) is 21.2 Å². The van der Waals surface area contributed by atoms with E-state index in [0.717, 1.165) is 6.04 Å². The van der Waals surface area contributed by atoms with Crippen LogP contribution in [0.15, 0.2) is 47.5 Å².